The van der Waals surface area contributed by atoms with Crippen LogP contribution in [0.5, 0.6) is 0 Å². The molecule has 2 aliphatic rings. The largest absolute Gasteiger partial charge is 0.378 e. The van der Waals surface area contributed by atoms with E-state index in [-0.39, 0.29) is 17.2 Å². The predicted octanol–water partition coefficient (Wildman–Crippen LogP) is 1.72. The molecule has 2 rings (SSSR count). The maximum absolute atomic E-state index is 11.7. The molecule has 86 valence electrons. The Balaban J connectivity index is 1.66. The molecule has 0 bridgehead atoms. The molecule has 1 unspecified atom stereocenters. The van der Waals surface area contributed by atoms with E-state index in [0.717, 1.165) is 25.9 Å². The van der Waals surface area contributed by atoms with Gasteiger partial charge in [0.2, 0.25) is 5.91 Å². The lowest BCUT2D eigenvalue weighted by Gasteiger charge is -2.35. The Morgan fingerprint density at radius 3 is 2.53 bits per heavy atom. The zero-order valence-corrected chi connectivity index (χ0v) is 9.88. The molecule has 1 N–H and O–H groups in total. The molecule has 0 aromatic rings. The minimum Gasteiger partial charge on any atom is -0.378 e. The first-order valence-corrected chi connectivity index (χ1v) is 5.95. The molecule has 15 heavy (non-hydrogen) atoms. The number of nitrogens with one attached hydrogen (secondary N) is 1. The fourth-order valence-corrected chi connectivity index (χ4v) is 2.27. The number of hydrogen-bond donors (Lipinski definition) is 1. The summed E-state index contributed by atoms with van der Waals surface area (Å²) in [5, 5.41) is 3.10. The lowest BCUT2D eigenvalue weighted by atomic mass is 9.89. The quantitative estimate of drug-likeness (QED) is 0.769. The topological polar surface area (TPSA) is 38.3 Å². The molecule has 0 aliphatic heterocycles. The molecule has 2 fully saturated rings. The number of ether oxygens (including phenoxy) is 1. The Bertz CT molecular complexity index is 256. The van der Waals surface area contributed by atoms with Crippen molar-refractivity contribution in [2.45, 2.75) is 52.2 Å². The monoisotopic (exact) mass is 211 g/mol. The van der Waals surface area contributed by atoms with Gasteiger partial charge in [0.05, 0.1) is 6.10 Å². The molecule has 0 saturated heterocycles. The Hall–Kier alpha value is -0.570. The van der Waals surface area contributed by atoms with Crippen molar-refractivity contribution in [3.05, 3.63) is 0 Å². The van der Waals surface area contributed by atoms with Crippen LogP contribution in [0.3, 0.4) is 0 Å². The van der Waals surface area contributed by atoms with Crippen LogP contribution in [0, 0.1) is 11.3 Å². The molecular weight excluding hydrogens is 190 g/mol. The molecule has 0 spiro atoms. The molecule has 2 aliphatic carbocycles. The molecule has 0 radical (unpaired) electrons. The van der Waals surface area contributed by atoms with Gasteiger partial charge < -0.3 is 10.1 Å². The van der Waals surface area contributed by atoms with Gasteiger partial charge in [-0.05, 0) is 31.6 Å². The first-order valence-electron chi connectivity index (χ1n) is 5.95. The van der Waals surface area contributed by atoms with Gasteiger partial charge in [-0.3, -0.25) is 4.79 Å². The highest BCUT2D eigenvalue weighted by Gasteiger charge is 2.51. The Morgan fingerprint density at radius 1 is 1.47 bits per heavy atom. The number of carbonyl (C=O) groups excluding carboxylic acids is 1. The molecule has 1 atom stereocenters. The third-order valence-electron chi connectivity index (χ3n) is 3.67. The van der Waals surface area contributed by atoms with Gasteiger partial charge in [0.25, 0.3) is 0 Å². The van der Waals surface area contributed by atoms with Crippen LogP contribution < -0.4 is 5.32 Å². The fraction of sp³-hybridized carbons (Fsp3) is 0.917. The fourth-order valence-electron chi connectivity index (χ4n) is 2.27. The highest BCUT2D eigenvalue weighted by Crippen LogP contribution is 2.51. The first kappa shape index (κ1) is 10.9. The Labute approximate surface area is 91.6 Å². The van der Waals surface area contributed by atoms with Crippen molar-refractivity contribution < 1.29 is 9.53 Å². The van der Waals surface area contributed by atoms with Crippen LogP contribution in [0.4, 0.5) is 0 Å². The van der Waals surface area contributed by atoms with E-state index < -0.39 is 0 Å². The van der Waals surface area contributed by atoms with Gasteiger partial charge >= 0.3 is 0 Å². The second-order valence-corrected chi connectivity index (χ2v) is 5.50. The SMILES string of the molecule is CCOC1CC(NC(=O)C2CC2(C)C)C1. The number of hydrogen-bond acceptors (Lipinski definition) is 2. The van der Waals surface area contributed by atoms with Crippen molar-refractivity contribution in [2.75, 3.05) is 6.61 Å². The van der Waals surface area contributed by atoms with Crippen molar-refractivity contribution in [3.63, 3.8) is 0 Å². The summed E-state index contributed by atoms with van der Waals surface area (Å²) in [6, 6.07) is 0.366. The van der Waals surface area contributed by atoms with Gasteiger partial charge in [0, 0.05) is 18.6 Å². The van der Waals surface area contributed by atoms with Gasteiger partial charge in [0.1, 0.15) is 0 Å². The minimum absolute atomic E-state index is 0.243. The smallest absolute Gasteiger partial charge is 0.223 e. The molecule has 0 heterocycles. The summed E-state index contributed by atoms with van der Waals surface area (Å²) in [6.45, 7) is 7.10. The lowest BCUT2D eigenvalue weighted by molar-refractivity contribution is -0.125. The van der Waals surface area contributed by atoms with Gasteiger partial charge in [-0.15, -0.1) is 0 Å². The molecule has 3 nitrogen and oxygen atoms in total. The first-order chi connectivity index (χ1) is 7.03. The summed E-state index contributed by atoms with van der Waals surface area (Å²) in [6.07, 6.45) is 3.41. The lowest BCUT2D eigenvalue weighted by Crippen LogP contribution is -2.48. The number of amides is 1. The van der Waals surface area contributed by atoms with Crippen LogP contribution in [0.1, 0.15) is 40.0 Å². The maximum atomic E-state index is 11.7. The van der Waals surface area contributed by atoms with Crippen LogP contribution in [0.2, 0.25) is 0 Å². The van der Waals surface area contributed by atoms with Crippen LogP contribution in [0.25, 0.3) is 0 Å². The second kappa shape index (κ2) is 3.78. The zero-order chi connectivity index (χ0) is 11.1. The van der Waals surface area contributed by atoms with E-state index >= 15 is 0 Å². The molecule has 0 aromatic heterocycles. The highest BCUT2D eigenvalue weighted by molar-refractivity contribution is 5.82. The third-order valence-corrected chi connectivity index (χ3v) is 3.67. The minimum atomic E-state index is 0.243. The van der Waals surface area contributed by atoms with Crippen molar-refractivity contribution >= 4 is 5.91 Å². The van der Waals surface area contributed by atoms with E-state index in [2.05, 4.69) is 19.2 Å². The van der Waals surface area contributed by atoms with E-state index in [1.807, 2.05) is 6.92 Å². The van der Waals surface area contributed by atoms with Crippen LogP contribution in [-0.2, 0) is 9.53 Å². The zero-order valence-electron chi connectivity index (χ0n) is 9.88. The second-order valence-electron chi connectivity index (χ2n) is 5.50. The van der Waals surface area contributed by atoms with E-state index in [1.165, 1.54) is 0 Å². The Kier molecular flexibility index (Phi) is 2.75. The normalized spacial score (nSPS) is 36.9. The third kappa shape index (κ3) is 2.33. The van der Waals surface area contributed by atoms with E-state index in [9.17, 15) is 4.79 Å². The molecule has 2 saturated carbocycles. The van der Waals surface area contributed by atoms with Gasteiger partial charge in [0.15, 0.2) is 0 Å². The molecule has 1 amide bonds. The highest BCUT2D eigenvalue weighted by atomic mass is 16.5. The van der Waals surface area contributed by atoms with Crippen LogP contribution in [0.15, 0.2) is 0 Å². The van der Waals surface area contributed by atoms with Crippen molar-refractivity contribution in [2.24, 2.45) is 11.3 Å². The summed E-state index contributed by atoms with van der Waals surface area (Å²) in [5.41, 5.74) is 0.243. The van der Waals surface area contributed by atoms with Crippen LogP contribution in [-0.4, -0.2) is 24.7 Å². The van der Waals surface area contributed by atoms with Crippen molar-refractivity contribution in [1.29, 1.82) is 0 Å². The van der Waals surface area contributed by atoms with Crippen LogP contribution >= 0.6 is 0 Å². The number of carbonyl (C=O) groups is 1. The standard InChI is InChI=1S/C12H21NO2/c1-4-15-9-5-8(6-9)13-11(14)10-7-12(10,2)3/h8-10H,4-7H2,1-3H3,(H,13,14). The van der Waals surface area contributed by atoms with Gasteiger partial charge in [-0.1, -0.05) is 13.8 Å². The number of rotatable bonds is 4. The van der Waals surface area contributed by atoms with Gasteiger partial charge in [-0.25, -0.2) is 0 Å². The molecular formula is C12H21NO2. The molecule has 0 aromatic carbocycles. The van der Waals surface area contributed by atoms with Crippen molar-refractivity contribution in [1.82, 2.24) is 5.32 Å². The van der Waals surface area contributed by atoms with E-state index in [0.29, 0.717) is 12.1 Å². The Morgan fingerprint density at radius 2 is 2.07 bits per heavy atom. The molecule has 3 heteroatoms. The average molecular weight is 211 g/mol. The summed E-state index contributed by atoms with van der Waals surface area (Å²) in [4.78, 5) is 11.7. The van der Waals surface area contributed by atoms with E-state index in [4.69, 9.17) is 4.74 Å². The average Bonchev–Trinajstić information content (AvgIpc) is 2.71. The summed E-state index contributed by atoms with van der Waals surface area (Å²) >= 11 is 0. The summed E-state index contributed by atoms with van der Waals surface area (Å²) in [5.74, 6) is 0.503. The summed E-state index contributed by atoms with van der Waals surface area (Å²) < 4.78 is 5.46. The maximum Gasteiger partial charge on any atom is 0.223 e. The van der Waals surface area contributed by atoms with Crippen molar-refractivity contribution in [3.8, 4) is 0 Å². The van der Waals surface area contributed by atoms with Gasteiger partial charge in [-0.2, -0.15) is 0 Å². The van der Waals surface area contributed by atoms with E-state index in [1.54, 1.807) is 0 Å². The summed E-state index contributed by atoms with van der Waals surface area (Å²) in [7, 11) is 0. The predicted molar refractivity (Wildman–Crippen MR) is 58.5 cm³/mol.